The molecule has 0 spiro atoms. The molecule has 0 radical (unpaired) electrons. The third-order valence-electron chi connectivity index (χ3n) is 2.63. The molecule has 1 amide bonds. The van der Waals surface area contributed by atoms with E-state index in [0.29, 0.717) is 24.5 Å². The van der Waals surface area contributed by atoms with Crippen LogP contribution in [0.2, 0.25) is 0 Å². The van der Waals surface area contributed by atoms with Crippen LogP contribution in [0.25, 0.3) is 0 Å². The van der Waals surface area contributed by atoms with Gasteiger partial charge in [0.1, 0.15) is 11.9 Å². The van der Waals surface area contributed by atoms with Crippen LogP contribution in [-0.4, -0.2) is 35.9 Å². The first kappa shape index (κ1) is 12.8. The third-order valence-corrected chi connectivity index (χ3v) is 2.63. The normalized spacial score (nSPS) is 21.8. The van der Waals surface area contributed by atoms with Gasteiger partial charge in [0.25, 0.3) is 0 Å². The van der Waals surface area contributed by atoms with Gasteiger partial charge < -0.3 is 20.5 Å². The van der Waals surface area contributed by atoms with Crippen molar-refractivity contribution in [1.82, 2.24) is 4.98 Å². The second kappa shape index (κ2) is 4.91. The first-order chi connectivity index (χ1) is 8.46. The van der Waals surface area contributed by atoms with Gasteiger partial charge in [0, 0.05) is 12.7 Å². The number of rotatable bonds is 4. The molecule has 18 heavy (non-hydrogen) atoms. The summed E-state index contributed by atoms with van der Waals surface area (Å²) in [7, 11) is 0. The predicted molar refractivity (Wildman–Crippen MR) is 66.1 cm³/mol. The number of aromatic nitrogens is 1. The van der Waals surface area contributed by atoms with E-state index in [0.717, 1.165) is 0 Å². The van der Waals surface area contributed by atoms with Crippen molar-refractivity contribution in [2.75, 3.05) is 18.5 Å². The lowest BCUT2D eigenvalue weighted by Crippen LogP contribution is -2.26. The lowest BCUT2D eigenvalue weighted by molar-refractivity contribution is -0.136. The Bertz CT molecular complexity index is 431. The first-order valence-electron chi connectivity index (χ1n) is 5.78. The second-order valence-corrected chi connectivity index (χ2v) is 4.63. The van der Waals surface area contributed by atoms with Crippen molar-refractivity contribution >= 4 is 11.7 Å². The number of carbonyl (C=O) groups excluding carboxylic acids is 1. The van der Waals surface area contributed by atoms with Gasteiger partial charge in [-0.05, 0) is 26.0 Å². The van der Waals surface area contributed by atoms with Gasteiger partial charge >= 0.3 is 0 Å². The van der Waals surface area contributed by atoms with Gasteiger partial charge in [-0.3, -0.25) is 4.79 Å². The Balaban J connectivity index is 1.85. The van der Waals surface area contributed by atoms with Crippen LogP contribution in [0, 0.1) is 0 Å². The molecule has 1 aromatic heterocycles. The van der Waals surface area contributed by atoms with Crippen molar-refractivity contribution < 1.29 is 14.3 Å². The summed E-state index contributed by atoms with van der Waals surface area (Å²) in [6.45, 7) is 4.92. The zero-order valence-electron chi connectivity index (χ0n) is 10.5. The number of amides is 1. The smallest absolute Gasteiger partial charge is 0.250 e. The topological polar surface area (TPSA) is 86.5 Å². The van der Waals surface area contributed by atoms with Crippen LogP contribution in [-0.2, 0) is 9.47 Å². The predicted octanol–water partition coefficient (Wildman–Crippen LogP) is 0.744. The Hall–Kier alpha value is -1.66. The van der Waals surface area contributed by atoms with E-state index in [1.165, 1.54) is 6.20 Å². The highest BCUT2D eigenvalue weighted by Gasteiger charge is 2.32. The number of ether oxygens (including phenoxy) is 2. The number of nitrogens with two attached hydrogens (primary N) is 1. The lowest BCUT2D eigenvalue weighted by atomic mass is 10.2. The molecule has 1 aromatic rings. The third kappa shape index (κ3) is 3.18. The van der Waals surface area contributed by atoms with Crippen molar-refractivity contribution in [2.45, 2.75) is 25.7 Å². The highest BCUT2D eigenvalue weighted by molar-refractivity contribution is 5.92. The summed E-state index contributed by atoms with van der Waals surface area (Å²) in [5.74, 6) is -0.327. The SMILES string of the molecule is CC1(C)OCC(CNc2ccc(C(N)=O)cn2)O1. The van der Waals surface area contributed by atoms with Crippen LogP contribution >= 0.6 is 0 Å². The van der Waals surface area contributed by atoms with E-state index in [1.807, 2.05) is 13.8 Å². The van der Waals surface area contributed by atoms with Crippen molar-refractivity contribution in [1.29, 1.82) is 0 Å². The molecule has 0 aromatic carbocycles. The molecule has 6 heteroatoms. The molecule has 1 atom stereocenters. The lowest BCUT2D eigenvalue weighted by Gasteiger charge is -2.17. The van der Waals surface area contributed by atoms with Crippen molar-refractivity contribution in [3.63, 3.8) is 0 Å². The Morgan fingerprint density at radius 2 is 2.39 bits per heavy atom. The van der Waals surface area contributed by atoms with E-state index >= 15 is 0 Å². The van der Waals surface area contributed by atoms with Gasteiger partial charge in [0.2, 0.25) is 5.91 Å². The molecule has 1 aliphatic rings. The molecule has 3 N–H and O–H groups in total. The number of nitrogens with zero attached hydrogens (tertiary/aromatic N) is 1. The Kier molecular flexibility index (Phi) is 3.49. The molecule has 0 bridgehead atoms. The van der Waals surface area contributed by atoms with E-state index in [4.69, 9.17) is 15.2 Å². The molecule has 1 aliphatic heterocycles. The zero-order chi connectivity index (χ0) is 13.2. The van der Waals surface area contributed by atoms with Crippen LogP contribution in [0.1, 0.15) is 24.2 Å². The number of anilines is 1. The summed E-state index contributed by atoms with van der Waals surface area (Å²) in [5.41, 5.74) is 5.52. The van der Waals surface area contributed by atoms with Gasteiger partial charge in [-0.1, -0.05) is 0 Å². The minimum atomic E-state index is -0.518. The van der Waals surface area contributed by atoms with Crippen LogP contribution in [0.15, 0.2) is 18.3 Å². The largest absolute Gasteiger partial charge is 0.367 e. The summed E-state index contributed by atoms with van der Waals surface area (Å²) in [4.78, 5) is 15.0. The monoisotopic (exact) mass is 251 g/mol. The Labute approximate surface area is 105 Å². The average molecular weight is 251 g/mol. The van der Waals surface area contributed by atoms with Crippen LogP contribution in [0.4, 0.5) is 5.82 Å². The molecule has 1 fully saturated rings. The maximum absolute atomic E-state index is 10.9. The van der Waals surface area contributed by atoms with Crippen LogP contribution in [0.3, 0.4) is 0 Å². The number of hydrogen-bond acceptors (Lipinski definition) is 5. The van der Waals surface area contributed by atoms with E-state index < -0.39 is 11.7 Å². The number of nitrogens with one attached hydrogen (secondary N) is 1. The van der Waals surface area contributed by atoms with Crippen molar-refractivity contribution in [3.8, 4) is 0 Å². The summed E-state index contributed by atoms with van der Waals surface area (Å²) < 4.78 is 11.1. The zero-order valence-corrected chi connectivity index (χ0v) is 10.5. The fraction of sp³-hybridized carbons (Fsp3) is 0.500. The van der Waals surface area contributed by atoms with E-state index in [1.54, 1.807) is 12.1 Å². The van der Waals surface area contributed by atoms with Crippen LogP contribution < -0.4 is 11.1 Å². The van der Waals surface area contributed by atoms with E-state index in [-0.39, 0.29) is 6.10 Å². The first-order valence-corrected chi connectivity index (χ1v) is 5.78. The number of primary amides is 1. The summed E-state index contributed by atoms with van der Waals surface area (Å²) in [6, 6.07) is 3.34. The number of hydrogen-bond donors (Lipinski definition) is 2. The second-order valence-electron chi connectivity index (χ2n) is 4.63. The average Bonchev–Trinajstić information content (AvgIpc) is 2.67. The van der Waals surface area contributed by atoms with Gasteiger partial charge in [-0.15, -0.1) is 0 Å². The molecule has 2 heterocycles. The Morgan fingerprint density at radius 1 is 1.61 bits per heavy atom. The molecule has 98 valence electrons. The standard InChI is InChI=1S/C12H17N3O3/c1-12(2)17-7-9(18-12)6-15-10-4-3-8(5-14-10)11(13)16/h3-5,9H,6-7H2,1-2H3,(H2,13,16)(H,14,15). The van der Waals surface area contributed by atoms with Crippen molar-refractivity contribution in [2.24, 2.45) is 5.73 Å². The fourth-order valence-corrected chi connectivity index (χ4v) is 1.73. The number of carbonyl (C=O) groups is 1. The fourth-order valence-electron chi connectivity index (χ4n) is 1.73. The summed E-state index contributed by atoms with van der Waals surface area (Å²) in [6.07, 6.45) is 1.44. The molecule has 2 rings (SSSR count). The summed E-state index contributed by atoms with van der Waals surface area (Å²) in [5, 5.41) is 3.12. The molecule has 1 unspecified atom stereocenters. The van der Waals surface area contributed by atoms with Gasteiger partial charge in [0.05, 0.1) is 12.2 Å². The maximum Gasteiger partial charge on any atom is 0.250 e. The minimum absolute atomic E-state index is 0.00221. The highest BCUT2D eigenvalue weighted by Crippen LogP contribution is 2.22. The van der Waals surface area contributed by atoms with Gasteiger partial charge in [-0.2, -0.15) is 0 Å². The van der Waals surface area contributed by atoms with Crippen LogP contribution in [0.5, 0.6) is 0 Å². The van der Waals surface area contributed by atoms with Gasteiger partial charge in [-0.25, -0.2) is 4.98 Å². The molecule has 6 nitrogen and oxygen atoms in total. The Morgan fingerprint density at radius 3 is 2.89 bits per heavy atom. The van der Waals surface area contributed by atoms with E-state index in [9.17, 15) is 4.79 Å². The molecule has 0 aliphatic carbocycles. The van der Waals surface area contributed by atoms with Crippen molar-refractivity contribution in [3.05, 3.63) is 23.9 Å². The number of pyridine rings is 1. The van der Waals surface area contributed by atoms with E-state index in [2.05, 4.69) is 10.3 Å². The molecular formula is C12H17N3O3. The highest BCUT2D eigenvalue weighted by atomic mass is 16.7. The molecule has 1 saturated heterocycles. The quantitative estimate of drug-likeness (QED) is 0.824. The minimum Gasteiger partial charge on any atom is -0.367 e. The summed E-state index contributed by atoms with van der Waals surface area (Å²) >= 11 is 0. The molecule has 0 saturated carbocycles. The van der Waals surface area contributed by atoms with Gasteiger partial charge in [0.15, 0.2) is 5.79 Å². The maximum atomic E-state index is 10.9. The molecular weight excluding hydrogens is 234 g/mol.